The van der Waals surface area contributed by atoms with Gasteiger partial charge in [-0.3, -0.25) is 9.59 Å². The number of fused-ring (bicyclic) bond motifs is 1. The van der Waals surface area contributed by atoms with Crippen molar-refractivity contribution in [2.24, 2.45) is 0 Å². The number of rotatable bonds is 4. The van der Waals surface area contributed by atoms with E-state index in [4.69, 9.17) is 5.73 Å². The second-order valence-corrected chi connectivity index (χ2v) is 9.16. The first-order chi connectivity index (χ1) is 15.0. The molecule has 4 rings (SSSR count). The zero-order chi connectivity index (χ0) is 23.2. The summed E-state index contributed by atoms with van der Waals surface area (Å²) >= 11 is 1.78. The number of aromatic nitrogens is 1. The first kappa shape index (κ1) is 22.0. The van der Waals surface area contributed by atoms with Crippen molar-refractivity contribution in [3.8, 4) is 0 Å². The van der Waals surface area contributed by atoms with Crippen LogP contribution in [0, 0.1) is 13.8 Å². The zero-order valence-corrected chi connectivity index (χ0v) is 18.5. The van der Waals surface area contributed by atoms with Crippen molar-refractivity contribution in [1.29, 1.82) is 0 Å². The van der Waals surface area contributed by atoms with Crippen LogP contribution in [0.15, 0.2) is 41.8 Å². The third kappa shape index (κ3) is 4.11. The van der Waals surface area contributed by atoms with E-state index in [9.17, 15) is 22.8 Å². The Kier molecular flexibility index (Phi) is 5.51. The summed E-state index contributed by atoms with van der Waals surface area (Å²) in [6.45, 7) is 3.76. The Morgan fingerprint density at radius 1 is 1.09 bits per heavy atom. The molecule has 0 saturated heterocycles. The van der Waals surface area contributed by atoms with Crippen LogP contribution in [0.2, 0.25) is 0 Å². The third-order valence-electron chi connectivity index (χ3n) is 4.66. The Hall–Kier alpha value is -3.24. The maximum absolute atomic E-state index is 13.7. The van der Waals surface area contributed by atoms with E-state index in [2.05, 4.69) is 10.3 Å². The maximum Gasteiger partial charge on any atom is 0.434 e. The summed E-state index contributed by atoms with van der Waals surface area (Å²) in [5.41, 5.74) is 6.63. The summed E-state index contributed by atoms with van der Waals surface area (Å²) in [5.74, 6) is -1.36. The van der Waals surface area contributed by atoms with Gasteiger partial charge in [0, 0.05) is 11.1 Å². The van der Waals surface area contributed by atoms with E-state index in [1.54, 1.807) is 23.6 Å². The lowest BCUT2D eigenvalue weighted by molar-refractivity contribution is -0.141. The number of aryl methyl sites for hydroxylation is 2. The number of carbonyl (C=O) groups excluding carboxylic acids is 2. The number of halogens is 3. The molecule has 0 radical (unpaired) electrons. The van der Waals surface area contributed by atoms with E-state index in [1.807, 2.05) is 19.9 Å². The number of nitrogen functional groups attached to an aromatic ring is 1. The van der Waals surface area contributed by atoms with Crippen LogP contribution in [0.3, 0.4) is 0 Å². The molecule has 0 saturated carbocycles. The number of nitrogens with two attached hydrogens (primary N) is 1. The minimum Gasteiger partial charge on any atom is -0.397 e. The normalized spacial score (nSPS) is 11.7. The van der Waals surface area contributed by atoms with Crippen LogP contribution in [0.25, 0.3) is 10.2 Å². The van der Waals surface area contributed by atoms with Gasteiger partial charge in [-0.05, 0) is 54.6 Å². The molecule has 10 heteroatoms. The number of carbonyl (C=O) groups is 2. The lowest BCUT2D eigenvalue weighted by atomic mass is 10.1. The highest BCUT2D eigenvalue weighted by Gasteiger charge is 2.38. The number of ketones is 1. The van der Waals surface area contributed by atoms with Crippen molar-refractivity contribution in [3.63, 3.8) is 0 Å². The molecule has 0 unspecified atom stereocenters. The Morgan fingerprint density at radius 3 is 2.38 bits per heavy atom. The third-order valence-corrected chi connectivity index (χ3v) is 6.65. The monoisotopic (exact) mass is 475 g/mol. The highest BCUT2D eigenvalue weighted by molar-refractivity contribution is 7.21. The number of alkyl halides is 3. The quantitative estimate of drug-likeness (QED) is 0.352. The Labute approximate surface area is 188 Å². The fourth-order valence-electron chi connectivity index (χ4n) is 3.37. The predicted octanol–water partition coefficient (Wildman–Crippen LogP) is 6.06. The van der Waals surface area contributed by atoms with Crippen molar-refractivity contribution in [2.45, 2.75) is 20.0 Å². The standard InChI is InChI=1S/C22H16F3N3O2S2/c1-10-6-11(2)8-12(7-10)27-20(30)18-16(26)13-9-14(17(29)15-4-3-5-31-15)19(22(23,24)25)28-21(13)32-18/h3-9H,26H2,1-2H3,(H,27,30). The van der Waals surface area contributed by atoms with Gasteiger partial charge in [0.2, 0.25) is 5.78 Å². The summed E-state index contributed by atoms with van der Waals surface area (Å²) in [6.07, 6.45) is -4.85. The van der Waals surface area contributed by atoms with Gasteiger partial charge in [-0.1, -0.05) is 12.1 Å². The van der Waals surface area contributed by atoms with Gasteiger partial charge >= 0.3 is 6.18 Å². The molecule has 0 aliphatic rings. The number of nitrogens with zero attached hydrogens (tertiary/aromatic N) is 1. The largest absolute Gasteiger partial charge is 0.434 e. The smallest absolute Gasteiger partial charge is 0.397 e. The zero-order valence-electron chi connectivity index (χ0n) is 16.8. The van der Waals surface area contributed by atoms with Crippen molar-refractivity contribution >= 4 is 56.0 Å². The molecule has 3 aromatic heterocycles. The van der Waals surface area contributed by atoms with Gasteiger partial charge in [-0.15, -0.1) is 22.7 Å². The number of pyridine rings is 1. The molecule has 0 atom stereocenters. The van der Waals surface area contributed by atoms with Crippen molar-refractivity contribution in [2.75, 3.05) is 11.1 Å². The highest BCUT2D eigenvalue weighted by Crippen LogP contribution is 2.39. The summed E-state index contributed by atoms with van der Waals surface area (Å²) in [5, 5.41) is 4.45. The summed E-state index contributed by atoms with van der Waals surface area (Å²) < 4.78 is 41.1. The van der Waals surface area contributed by atoms with Gasteiger partial charge in [0.25, 0.3) is 5.91 Å². The Balaban J connectivity index is 1.80. The van der Waals surface area contributed by atoms with Gasteiger partial charge in [-0.25, -0.2) is 4.98 Å². The van der Waals surface area contributed by atoms with Crippen LogP contribution in [0.1, 0.15) is 41.7 Å². The molecule has 1 aromatic carbocycles. The van der Waals surface area contributed by atoms with E-state index in [0.29, 0.717) is 5.69 Å². The van der Waals surface area contributed by atoms with E-state index in [0.717, 1.165) is 39.9 Å². The molecular formula is C22H16F3N3O2S2. The van der Waals surface area contributed by atoms with Gasteiger partial charge in [0.15, 0.2) is 5.69 Å². The molecular weight excluding hydrogens is 459 g/mol. The molecule has 0 aliphatic carbocycles. The molecule has 32 heavy (non-hydrogen) atoms. The van der Waals surface area contributed by atoms with Crippen molar-refractivity contribution < 1.29 is 22.8 Å². The van der Waals surface area contributed by atoms with Gasteiger partial charge in [0.05, 0.1) is 16.1 Å². The van der Waals surface area contributed by atoms with Gasteiger partial charge in [0.1, 0.15) is 9.71 Å². The van der Waals surface area contributed by atoms with E-state index in [-0.39, 0.29) is 25.7 Å². The summed E-state index contributed by atoms with van der Waals surface area (Å²) in [4.78, 5) is 29.4. The number of hydrogen-bond donors (Lipinski definition) is 2. The first-order valence-electron chi connectivity index (χ1n) is 9.32. The average molecular weight is 476 g/mol. The number of benzene rings is 1. The Bertz CT molecular complexity index is 1340. The molecule has 5 nitrogen and oxygen atoms in total. The molecule has 1 amide bonds. The SMILES string of the molecule is Cc1cc(C)cc(NC(=O)c2sc3nc(C(F)(F)F)c(C(=O)c4cccs4)cc3c2N)c1. The molecule has 0 spiro atoms. The topological polar surface area (TPSA) is 85.1 Å². The lowest BCUT2D eigenvalue weighted by Gasteiger charge is -2.11. The van der Waals surface area contributed by atoms with Crippen LogP contribution >= 0.6 is 22.7 Å². The van der Waals surface area contributed by atoms with E-state index in [1.165, 1.54) is 6.07 Å². The molecule has 0 aliphatic heterocycles. The molecule has 3 heterocycles. The van der Waals surface area contributed by atoms with Crippen molar-refractivity contribution in [3.05, 3.63) is 73.9 Å². The van der Waals surface area contributed by atoms with E-state index < -0.39 is 29.1 Å². The second kappa shape index (κ2) is 8.03. The predicted molar refractivity (Wildman–Crippen MR) is 121 cm³/mol. The summed E-state index contributed by atoms with van der Waals surface area (Å²) in [6, 6.07) is 9.58. The maximum atomic E-state index is 13.7. The van der Waals surface area contributed by atoms with Crippen LogP contribution in [0.5, 0.6) is 0 Å². The fourth-order valence-corrected chi connectivity index (χ4v) is 5.02. The number of anilines is 2. The van der Waals surface area contributed by atoms with E-state index >= 15 is 0 Å². The molecule has 0 fully saturated rings. The molecule has 164 valence electrons. The minimum absolute atomic E-state index is 0.0201. The molecule has 4 aromatic rings. The van der Waals surface area contributed by atoms with Crippen molar-refractivity contribution in [1.82, 2.24) is 4.98 Å². The van der Waals surface area contributed by atoms with Gasteiger partial charge < -0.3 is 11.1 Å². The fraction of sp³-hybridized carbons (Fsp3) is 0.136. The number of nitrogens with one attached hydrogen (secondary N) is 1. The molecule has 3 N–H and O–H groups in total. The van der Waals surface area contributed by atoms with Crippen LogP contribution in [-0.4, -0.2) is 16.7 Å². The highest BCUT2D eigenvalue weighted by atomic mass is 32.1. The second-order valence-electron chi connectivity index (χ2n) is 7.22. The minimum atomic E-state index is -4.85. The van der Waals surface area contributed by atoms with Crippen LogP contribution in [0.4, 0.5) is 24.5 Å². The van der Waals surface area contributed by atoms with Crippen LogP contribution < -0.4 is 11.1 Å². The van der Waals surface area contributed by atoms with Gasteiger partial charge in [-0.2, -0.15) is 13.2 Å². The number of hydrogen-bond acceptors (Lipinski definition) is 6. The lowest BCUT2D eigenvalue weighted by Crippen LogP contribution is -2.15. The first-order valence-corrected chi connectivity index (χ1v) is 11.0. The number of amides is 1. The average Bonchev–Trinajstić information content (AvgIpc) is 3.33. The Morgan fingerprint density at radius 2 is 1.78 bits per heavy atom. The van der Waals surface area contributed by atoms with Crippen LogP contribution in [-0.2, 0) is 6.18 Å². The number of thiophene rings is 2. The summed E-state index contributed by atoms with van der Waals surface area (Å²) in [7, 11) is 0. The molecule has 0 bridgehead atoms.